The largest absolute Gasteiger partial charge is 0.456 e. The predicted octanol–water partition coefficient (Wildman–Crippen LogP) is 2.79. The standard InChI is InChI=1S/C19H24N2O4/c1-13-8-10-19(11-9-13)17(23)21(18(24)20-19)12-16(22)25-14(2)15-6-4-3-5-7-15/h3-7,13-14H,8-12H2,1-2H3,(H,20,24). The molecular formula is C19H24N2O4. The van der Waals surface area contributed by atoms with Crippen molar-refractivity contribution in [2.45, 2.75) is 51.2 Å². The smallest absolute Gasteiger partial charge is 0.326 e. The lowest BCUT2D eigenvalue weighted by atomic mass is 9.77. The monoisotopic (exact) mass is 344 g/mol. The lowest BCUT2D eigenvalue weighted by molar-refractivity contribution is -0.152. The molecule has 1 aliphatic carbocycles. The van der Waals surface area contributed by atoms with Crippen LogP contribution in [0.5, 0.6) is 0 Å². The van der Waals surface area contributed by atoms with E-state index in [-0.39, 0.29) is 12.5 Å². The van der Waals surface area contributed by atoms with Crippen LogP contribution in [0.25, 0.3) is 0 Å². The maximum Gasteiger partial charge on any atom is 0.326 e. The molecule has 0 aromatic heterocycles. The van der Waals surface area contributed by atoms with Crippen molar-refractivity contribution in [3.05, 3.63) is 35.9 Å². The maximum absolute atomic E-state index is 12.7. The number of carbonyl (C=O) groups is 3. The molecule has 1 aromatic rings. The fraction of sp³-hybridized carbons (Fsp3) is 0.526. The molecule has 25 heavy (non-hydrogen) atoms. The Labute approximate surface area is 147 Å². The Balaban J connectivity index is 1.61. The molecule has 3 rings (SSSR count). The number of nitrogens with zero attached hydrogens (tertiary/aromatic N) is 1. The number of carbonyl (C=O) groups excluding carboxylic acids is 3. The predicted molar refractivity (Wildman–Crippen MR) is 91.6 cm³/mol. The van der Waals surface area contributed by atoms with Crippen molar-refractivity contribution < 1.29 is 19.1 Å². The molecule has 1 N–H and O–H groups in total. The fourth-order valence-corrected chi connectivity index (χ4v) is 3.57. The molecule has 3 amide bonds. The molecule has 134 valence electrons. The number of nitrogens with one attached hydrogen (secondary N) is 1. The van der Waals surface area contributed by atoms with E-state index < -0.39 is 23.6 Å². The summed E-state index contributed by atoms with van der Waals surface area (Å²) in [6.07, 6.45) is 2.62. The van der Waals surface area contributed by atoms with Crippen molar-refractivity contribution in [3.8, 4) is 0 Å². The number of ether oxygens (including phenoxy) is 1. The van der Waals surface area contributed by atoms with Crippen molar-refractivity contribution in [3.63, 3.8) is 0 Å². The Morgan fingerprint density at radius 1 is 1.28 bits per heavy atom. The van der Waals surface area contributed by atoms with Crippen LogP contribution in [0.1, 0.15) is 51.2 Å². The first-order valence-corrected chi connectivity index (χ1v) is 8.80. The minimum Gasteiger partial charge on any atom is -0.456 e. The minimum atomic E-state index is -0.824. The second-order valence-electron chi connectivity index (χ2n) is 7.13. The van der Waals surface area contributed by atoms with E-state index in [4.69, 9.17) is 4.74 Å². The normalized spacial score (nSPS) is 27.3. The Kier molecular flexibility index (Phi) is 4.79. The molecule has 2 aliphatic rings. The first kappa shape index (κ1) is 17.5. The Hall–Kier alpha value is -2.37. The summed E-state index contributed by atoms with van der Waals surface area (Å²) >= 11 is 0. The van der Waals surface area contributed by atoms with Crippen LogP contribution in [0.4, 0.5) is 4.79 Å². The second kappa shape index (κ2) is 6.86. The van der Waals surface area contributed by atoms with E-state index in [0.29, 0.717) is 18.8 Å². The molecular weight excluding hydrogens is 320 g/mol. The van der Waals surface area contributed by atoms with Gasteiger partial charge in [0.05, 0.1) is 0 Å². The number of imide groups is 1. The van der Waals surface area contributed by atoms with E-state index in [1.807, 2.05) is 30.3 Å². The first-order valence-electron chi connectivity index (χ1n) is 8.80. The quantitative estimate of drug-likeness (QED) is 0.673. The molecule has 1 saturated heterocycles. The van der Waals surface area contributed by atoms with Gasteiger partial charge in [-0.3, -0.25) is 14.5 Å². The topological polar surface area (TPSA) is 75.7 Å². The molecule has 1 aromatic carbocycles. The van der Waals surface area contributed by atoms with E-state index in [0.717, 1.165) is 23.3 Å². The highest BCUT2D eigenvalue weighted by molar-refractivity contribution is 6.08. The van der Waals surface area contributed by atoms with Crippen LogP contribution in [0.3, 0.4) is 0 Å². The summed E-state index contributed by atoms with van der Waals surface area (Å²) in [6, 6.07) is 8.85. The summed E-state index contributed by atoms with van der Waals surface area (Å²) < 4.78 is 5.38. The number of amides is 3. The van der Waals surface area contributed by atoms with E-state index >= 15 is 0 Å². The lowest BCUT2D eigenvalue weighted by Crippen LogP contribution is -2.49. The third-order valence-corrected chi connectivity index (χ3v) is 5.24. The average Bonchev–Trinajstić information content (AvgIpc) is 2.83. The van der Waals surface area contributed by atoms with Gasteiger partial charge in [0.1, 0.15) is 18.2 Å². The van der Waals surface area contributed by atoms with Gasteiger partial charge in [-0.05, 0) is 44.1 Å². The molecule has 0 radical (unpaired) electrons. The van der Waals surface area contributed by atoms with Crippen molar-refractivity contribution >= 4 is 17.9 Å². The van der Waals surface area contributed by atoms with Gasteiger partial charge in [-0.1, -0.05) is 37.3 Å². The van der Waals surface area contributed by atoms with Gasteiger partial charge in [-0.15, -0.1) is 0 Å². The number of urea groups is 1. The number of hydrogen-bond donors (Lipinski definition) is 1. The van der Waals surface area contributed by atoms with Gasteiger partial charge in [0.2, 0.25) is 0 Å². The Morgan fingerprint density at radius 2 is 1.92 bits per heavy atom. The average molecular weight is 344 g/mol. The lowest BCUT2D eigenvalue weighted by Gasteiger charge is -2.33. The van der Waals surface area contributed by atoms with Crippen LogP contribution in [0.15, 0.2) is 30.3 Å². The fourth-order valence-electron chi connectivity index (χ4n) is 3.57. The molecule has 1 heterocycles. The first-order chi connectivity index (χ1) is 11.9. The Bertz CT molecular complexity index is 665. The van der Waals surface area contributed by atoms with Crippen LogP contribution in [-0.4, -0.2) is 34.9 Å². The van der Waals surface area contributed by atoms with Gasteiger partial charge >= 0.3 is 12.0 Å². The van der Waals surface area contributed by atoms with Crippen LogP contribution < -0.4 is 5.32 Å². The maximum atomic E-state index is 12.7. The van der Waals surface area contributed by atoms with Gasteiger partial charge < -0.3 is 10.1 Å². The summed E-state index contributed by atoms with van der Waals surface area (Å²) in [5.74, 6) is -0.323. The Morgan fingerprint density at radius 3 is 2.56 bits per heavy atom. The van der Waals surface area contributed by atoms with E-state index in [2.05, 4.69) is 12.2 Å². The molecule has 0 bridgehead atoms. The SMILES string of the molecule is CC1CCC2(CC1)NC(=O)N(CC(=O)OC(C)c1ccccc1)C2=O. The number of rotatable bonds is 4. The number of benzene rings is 1. The van der Waals surface area contributed by atoms with E-state index in [9.17, 15) is 14.4 Å². The summed E-state index contributed by atoms with van der Waals surface area (Å²) in [7, 11) is 0. The van der Waals surface area contributed by atoms with Gasteiger partial charge in [-0.25, -0.2) is 4.79 Å². The van der Waals surface area contributed by atoms with Gasteiger partial charge in [-0.2, -0.15) is 0 Å². The third kappa shape index (κ3) is 3.52. The van der Waals surface area contributed by atoms with Crippen LogP contribution >= 0.6 is 0 Å². The number of esters is 1. The molecule has 2 fully saturated rings. The highest BCUT2D eigenvalue weighted by Gasteiger charge is 2.52. The van der Waals surface area contributed by atoms with Gasteiger partial charge in [0, 0.05) is 0 Å². The minimum absolute atomic E-state index is 0.297. The molecule has 1 atom stereocenters. The van der Waals surface area contributed by atoms with Crippen LogP contribution in [-0.2, 0) is 14.3 Å². The van der Waals surface area contributed by atoms with Gasteiger partial charge in [0.25, 0.3) is 5.91 Å². The summed E-state index contributed by atoms with van der Waals surface area (Å²) in [5, 5.41) is 2.81. The zero-order chi connectivity index (χ0) is 18.0. The highest BCUT2D eigenvalue weighted by Crippen LogP contribution is 2.36. The van der Waals surface area contributed by atoms with Crippen molar-refractivity contribution in [1.29, 1.82) is 0 Å². The summed E-state index contributed by atoms with van der Waals surface area (Å²) in [5.41, 5.74) is 0.0420. The zero-order valence-corrected chi connectivity index (χ0v) is 14.7. The van der Waals surface area contributed by atoms with Crippen molar-refractivity contribution in [2.75, 3.05) is 6.54 Å². The van der Waals surface area contributed by atoms with Crippen LogP contribution in [0, 0.1) is 5.92 Å². The second-order valence-corrected chi connectivity index (χ2v) is 7.13. The summed E-state index contributed by atoms with van der Waals surface area (Å²) in [6.45, 7) is 3.57. The molecule has 1 saturated carbocycles. The molecule has 6 heteroatoms. The number of hydrogen-bond acceptors (Lipinski definition) is 4. The highest BCUT2D eigenvalue weighted by atomic mass is 16.5. The van der Waals surface area contributed by atoms with Crippen molar-refractivity contribution in [2.24, 2.45) is 5.92 Å². The third-order valence-electron chi connectivity index (χ3n) is 5.24. The molecule has 1 aliphatic heterocycles. The summed E-state index contributed by atoms with van der Waals surface area (Å²) in [4.78, 5) is 38.1. The molecule has 6 nitrogen and oxygen atoms in total. The molecule has 1 spiro atoms. The van der Waals surface area contributed by atoms with Gasteiger partial charge in [0.15, 0.2) is 0 Å². The zero-order valence-electron chi connectivity index (χ0n) is 14.7. The van der Waals surface area contributed by atoms with E-state index in [1.165, 1.54) is 0 Å². The van der Waals surface area contributed by atoms with Crippen LogP contribution in [0.2, 0.25) is 0 Å². The molecule has 1 unspecified atom stereocenters. The van der Waals surface area contributed by atoms with E-state index in [1.54, 1.807) is 6.92 Å². The van der Waals surface area contributed by atoms with Crippen molar-refractivity contribution in [1.82, 2.24) is 10.2 Å².